The summed E-state index contributed by atoms with van der Waals surface area (Å²) in [6, 6.07) is 10.0. The van der Waals surface area contributed by atoms with Crippen molar-refractivity contribution in [3.63, 3.8) is 0 Å². The Balaban J connectivity index is 1.74. The normalized spacial score (nSPS) is 13.8. The van der Waals surface area contributed by atoms with E-state index in [1.807, 2.05) is 31.1 Å². The number of carbonyl (C=O) groups is 1. The number of amides is 1. The molecule has 1 heterocycles. The second-order valence-corrected chi connectivity index (χ2v) is 6.99. The van der Waals surface area contributed by atoms with Crippen LogP contribution in [0.5, 0.6) is 5.75 Å². The molecule has 0 saturated carbocycles. The lowest BCUT2D eigenvalue weighted by atomic mass is 10.0. The molecule has 1 aliphatic heterocycles. The second kappa shape index (κ2) is 7.94. The molecule has 1 atom stereocenters. The van der Waals surface area contributed by atoms with Crippen molar-refractivity contribution in [2.24, 2.45) is 0 Å². The Morgan fingerprint density at radius 2 is 2.11 bits per heavy atom. The Morgan fingerprint density at radius 3 is 2.81 bits per heavy atom. The van der Waals surface area contributed by atoms with E-state index in [9.17, 15) is 14.9 Å². The van der Waals surface area contributed by atoms with Crippen molar-refractivity contribution in [3.8, 4) is 5.75 Å². The molecular formula is C19H20ClN3O4. The van der Waals surface area contributed by atoms with E-state index in [-0.39, 0.29) is 28.2 Å². The molecule has 1 amide bonds. The van der Waals surface area contributed by atoms with E-state index >= 15 is 0 Å². The van der Waals surface area contributed by atoms with Crippen LogP contribution in [0.2, 0.25) is 5.02 Å². The minimum atomic E-state index is -0.603. The minimum Gasteiger partial charge on any atom is -0.493 e. The van der Waals surface area contributed by atoms with Gasteiger partial charge in [0.15, 0.2) is 0 Å². The smallest absolute Gasteiger partial charge is 0.288 e. The number of rotatable bonds is 6. The van der Waals surface area contributed by atoms with Gasteiger partial charge < -0.3 is 15.0 Å². The summed E-state index contributed by atoms with van der Waals surface area (Å²) < 4.78 is 5.54. The molecule has 2 aromatic carbocycles. The summed E-state index contributed by atoms with van der Waals surface area (Å²) in [4.78, 5) is 24.9. The highest BCUT2D eigenvalue weighted by Crippen LogP contribution is 2.29. The Morgan fingerprint density at radius 1 is 1.33 bits per heavy atom. The molecule has 0 spiro atoms. The van der Waals surface area contributed by atoms with E-state index in [2.05, 4.69) is 11.4 Å². The van der Waals surface area contributed by atoms with E-state index in [0.29, 0.717) is 13.2 Å². The summed E-state index contributed by atoms with van der Waals surface area (Å²) in [5.41, 5.74) is 2.16. The zero-order valence-electron chi connectivity index (χ0n) is 15.1. The van der Waals surface area contributed by atoms with Crippen LogP contribution in [0.4, 0.5) is 5.69 Å². The van der Waals surface area contributed by atoms with Crippen LogP contribution in [0.25, 0.3) is 0 Å². The molecule has 0 aromatic heterocycles. The van der Waals surface area contributed by atoms with Gasteiger partial charge in [0.2, 0.25) is 0 Å². The van der Waals surface area contributed by atoms with Gasteiger partial charge in [-0.05, 0) is 43.4 Å². The van der Waals surface area contributed by atoms with Crippen LogP contribution in [0.1, 0.15) is 27.5 Å². The monoisotopic (exact) mass is 389 g/mol. The van der Waals surface area contributed by atoms with Crippen LogP contribution in [0.15, 0.2) is 36.4 Å². The summed E-state index contributed by atoms with van der Waals surface area (Å²) in [7, 11) is 3.88. The number of benzene rings is 2. The van der Waals surface area contributed by atoms with Gasteiger partial charge in [0, 0.05) is 24.6 Å². The fraction of sp³-hybridized carbons (Fsp3) is 0.316. The Kier molecular flexibility index (Phi) is 5.62. The number of fused-ring (bicyclic) bond motifs is 1. The van der Waals surface area contributed by atoms with Gasteiger partial charge in [0.25, 0.3) is 11.6 Å². The largest absolute Gasteiger partial charge is 0.493 e. The third kappa shape index (κ3) is 4.20. The van der Waals surface area contributed by atoms with Crippen molar-refractivity contribution in [2.45, 2.75) is 12.5 Å². The van der Waals surface area contributed by atoms with Crippen LogP contribution >= 0.6 is 11.6 Å². The second-order valence-electron chi connectivity index (χ2n) is 6.58. The van der Waals surface area contributed by atoms with Crippen LogP contribution < -0.4 is 10.1 Å². The van der Waals surface area contributed by atoms with Crippen LogP contribution in [0.3, 0.4) is 0 Å². The van der Waals surface area contributed by atoms with E-state index in [4.69, 9.17) is 16.3 Å². The molecule has 27 heavy (non-hydrogen) atoms. The average molecular weight is 390 g/mol. The number of carbonyl (C=O) groups excluding carboxylic acids is 1. The number of hydrogen-bond acceptors (Lipinski definition) is 5. The van der Waals surface area contributed by atoms with Crippen molar-refractivity contribution in [1.82, 2.24) is 10.2 Å². The van der Waals surface area contributed by atoms with Crippen molar-refractivity contribution in [3.05, 3.63) is 68.2 Å². The first-order valence-corrected chi connectivity index (χ1v) is 8.89. The zero-order valence-corrected chi connectivity index (χ0v) is 15.8. The molecule has 7 nitrogen and oxygen atoms in total. The predicted octanol–water partition coefficient (Wildman–Crippen LogP) is 3.22. The lowest BCUT2D eigenvalue weighted by Crippen LogP contribution is -2.34. The summed E-state index contributed by atoms with van der Waals surface area (Å²) in [5.74, 6) is 0.528. The minimum absolute atomic E-state index is 0.00285. The summed E-state index contributed by atoms with van der Waals surface area (Å²) in [5, 5.41) is 13.9. The van der Waals surface area contributed by atoms with Gasteiger partial charge in [0.05, 0.1) is 17.6 Å². The third-order valence-corrected chi connectivity index (χ3v) is 4.90. The quantitative estimate of drug-likeness (QED) is 0.605. The fourth-order valence-electron chi connectivity index (χ4n) is 3.10. The van der Waals surface area contributed by atoms with Gasteiger partial charge in [-0.15, -0.1) is 0 Å². The topological polar surface area (TPSA) is 84.7 Å². The van der Waals surface area contributed by atoms with E-state index < -0.39 is 4.92 Å². The number of nitrogens with one attached hydrogen (secondary N) is 1. The molecule has 8 heteroatoms. The number of nitrogens with zero attached hydrogens (tertiary/aromatic N) is 2. The highest BCUT2D eigenvalue weighted by atomic mass is 35.5. The maximum absolute atomic E-state index is 12.5. The average Bonchev–Trinajstić information content (AvgIpc) is 3.09. The molecule has 142 valence electrons. The Bertz CT molecular complexity index is 885. The molecule has 1 aliphatic rings. The highest BCUT2D eigenvalue weighted by molar-refractivity contribution is 6.32. The third-order valence-electron chi connectivity index (χ3n) is 4.58. The molecule has 0 aliphatic carbocycles. The maximum Gasteiger partial charge on any atom is 0.288 e. The van der Waals surface area contributed by atoms with Gasteiger partial charge in [-0.25, -0.2) is 0 Å². The molecular weight excluding hydrogens is 370 g/mol. The Hall–Kier alpha value is -2.64. The number of likely N-dealkylation sites (N-methyl/N-ethyl adjacent to an activating group) is 1. The van der Waals surface area contributed by atoms with Gasteiger partial charge in [0.1, 0.15) is 10.8 Å². The van der Waals surface area contributed by atoms with Crippen LogP contribution in [-0.2, 0) is 6.42 Å². The summed E-state index contributed by atoms with van der Waals surface area (Å²) in [6.07, 6.45) is 0.879. The van der Waals surface area contributed by atoms with Crippen LogP contribution in [0, 0.1) is 10.1 Å². The first-order chi connectivity index (χ1) is 12.9. The lowest BCUT2D eigenvalue weighted by Gasteiger charge is -2.25. The number of nitro groups is 1. The molecule has 0 bridgehead atoms. The molecule has 3 rings (SSSR count). The standard InChI is InChI=1S/C19H20ClN3O4/c1-22(2)17(12-4-6-18-13(9-12)7-8-27-18)11-21-19(24)14-3-5-15(20)16(10-14)23(25)26/h3-6,9-10,17H,7-8,11H2,1-2H3,(H,21,24). The zero-order chi connectivity index (χ0) is 19.6. The molecule has 2 aromatic rings. The van der Waals surface area contributed by atoms with E-state index in [1.54, 1.807) is 0 Å². The van der Waals surface area contributed by atoms with E-state index in [0.717, 1.165) is 17.7 Å². The van der Waals surface area contributed by atoms with Crippen molar-refractivity contribution >= 4 is 23.2 Å². The van der Waals surface area contributed by atoms with Crippen molar-refractivity contribution in [1.29, 1.82) is 0 Å². The summed E-state index contributed by atoms with van der Waals surface area (Å²) >= 11 is 5.80. The Labute approximate surface area is 162 Å². The highest BCUT2D eigenvalue weighted by Gasteiger charge is 2.21. The van der Waals surface area contributed by atoms with Crippen LogP contribution in [-0.4, -0.2) is 43.0 Å². The summed E-state index contributed by atoms with van der Waals surface area (Å²) in [6.45, 7) is 1.05. The molecule has 1 unspecified atom stereocenters. The first kappa shape index (κ1) is 19.1. The number of ether oxygens (including phenoxy) is 1. The molecule has 0 saturated heterocycles. The van der Waals surface area contributed by atoms with Gasteiger partial charge in [-0.3, -0.25) is 14.9 Å². The van der Waals surface area contributed by atoms with Crippen molar-refractivity contribution in [2.75, 3.05) is 27.2 Å². The number of nitro benzene ring substituents is 1. The predicted molar refractivity (Wildman–Crippen MR) is 103 cm³/mol. The maximum atomic E-state index is 12.5. The lowest BCUT2D eigenvalue weighted by molar-refractivity contribution is -0.384. The van der Waals surface area contributed by atoms with E-state index in [1.165, 1.54) is 23.8 Å². The fourth-order valence-corrected chi connectivity index (χ4v) is 3.28. The molecule has 1 N–H and O–H groups in total. The van der Waals surface area contributed by atoms with Gasteiger partial charge in [-0.1, -0.05) is 23.7 Å². The number of halogens is 1. The SMILES string of the molecule is CN(C)C(CNC(=O)c1ccc(Cl)c([N+](=O)[O-])c1)c1ccc2c(c1)CCO2. The number of hydrogen-bond donors (Lipinski definition) is 1. The van der Waals surface area contributed by atoms with Gasteiger partial charge >= 0.3 is 0 Å². The molecule has 0 radical (unpaired) electrons. The van der Waals surface area contributed by atoms with Crippen molar-refractivity contribution < 1.29 is 14.5 Å². The molecule has 0 fully saturated rings. The first-order valence-electron chi connectivity index (χ1n) is 8.51. The van der Waals surface area contributed by atoms with Gasteiger partial charge in [-0.2, -0.15) is 0 Å².